The number of carbonyl (C=O) groups is 1. The molecule has 1 aliphatic rings. The van der Waals surface area contributed by atoms with E-state index in [1.165, 1.54) is 32.8 Å². The van der Waals surface area contributed by atoms with E-state index in [0.717, 1.165) is 5.69 Å². The number of hydrogen-bond donors (Lipinski definition) is 1. The molecule has 1 fully saturated rings. The highest BCUT2D eigenvalue weighted by Crippen LogP contribution is 2.32. The molecular formula is C16H24N2O2. The summed E-state index contributed by atoms with van der Waals surface area (Å²) >= 11 is 0. The number of aromatic nitrogens is 1. The Morgan fingerprint density at radius 1 is 1.40 bits per heavy atom. The highest BCUT2D eigenvalue weighted by Gasteiger charge is 2.27. The first kappa shape index (κ1) is 14.8. The minimum absolute atomic E-state index is 0.356. The molecule has 1 saturated carbocycles. The number of nitrogens with zero attached hydrogens (tertiary/aromatic N) is 1. The maximum Gasteiger partial charge on any atom is 0.356 e. The van der Waals surface area contributed by atoms with Gasteiger partial charge in [0.25, 0.3) is 0 Å². The second kappa shape index (κ2) is 6.73. The Morgan fingerprint density at radius 3 is 2.85 bits per heavy atom. The largest absolute Gasteiger partial charge is 0.464 e. The average Bonchev–Trinajstić information content (AvgIpc) is 2.47. The molecule has 0 aliphatic heterocycles. The molecule has 4 heteroatoms. The van der Waals surface area contributed by atoms with E-state index in [-0.39, 0.29) is 0 Å². The lowest BCUT2D eigenvalue weighted by atomic mass is 9.78. The molecule has 1 heterocycles. The molecule has 0 amide bonds. The van der Waals surface area contributed by atoms with Crippen LogP contribution in [0, 0.1) is 11.8 Å². The third-order valence-electron chi connectivity index (χ3n) is 4.18. The quantitative estimate of drug-likeness (QED) is 0.855. The van der Waals surface area contributed by atoms with Crippen LogP contribution in [0.3, 0.4) is 0 Å². The van der Waals surface area contributed by atoms with Crippen molar-refractivity contribution in [1.82, 2.24) is 4.98 Å². The van der Waals surface area contributed by atoms with Crippen LogP contribution in [0.5, 0.6) is 0 Å². The highest BCUT2D eigenvalue weighted by atomic mass is 16.5. The number of ether oxygens (including phenoxy) is 1. The van der Waals surface area contributed by atoms with Gasteiger partial charge in [0.15, 0.2) is 0 Å². The van der Waals surface area contributed by atoms with Crippen molar-refractivity contribution in [2.75, 3.05) is 12.4 Å². The molecule has 1 aromatic rings. The second-order valence-electron chi connectivity index (χ2n) is 5.86. The summed E-state index contributed by atoms with van der Waals surface area (Å²) in [5.41, 5.74) is 1.31. The van der Waals surface area contributed by atoms with Crippen molar-refractivity contribution in [1.29, 1.82) is 0 Å². The zero-order valence-corrected chi connectivity index (χ0v) is 12.6. The predicted molar refractivity (Wildman–Crippen MR) is 79.8 cm³/mol. The standard InChI is InChI=1S/C16H24N2O2/c1-11(2)13-6-4-5-7-14(13)18-12-8-9-17-15(10-12)16(19)20-3/h8-11,13-14H,4-7H2,1-3H3,(H,17,18). The molecule has 20 heavy (non-hydrogen) atoms. The molecule has 110 valence electrons. The Morgan fingerprint density at radius 2 is 2.15 bits per heavy atom. The Hall–Kier alpha value is -1.58. The van der Waals surface area contributed by atoms with Crippen molar-refractivity contribution in [2.45, 2.75) is 45.6 Å². The van der Waals surface area contributed by atoms with E-state index in [9.17, 15) is 4.79 Å². The van der Waals surface area contributed by atoms with Crippen molar-refractivity contribution in [3.05, 3.63) is 24.0 Å². The predicted octanol–water partition coefficient (Wildman–Crippen LogP) is 3.49. The number of pyridine rings is 1. The summed E-state index contributed by atoms with van der Waals surface area (Å²) in [6.45, 7) is 4.58. The summed E-state index contributed by atoms with van der Waals surface area (Å²) in [6, 6.07) is 4.17. The molecule has 4 nitrogen and oxygen atoms in total. The lowest BCUT2D eigenvalue weighted by Crippen LogP contribution is -2.35. The molecule has 1 aliphatic carbocycles. The van der Waals surface area contributed by atoms with Crippen LogP contribution in [0.25, 0.3) is 0 Å². The fourth-order valence-electron chi connectivity index (χ4n) is 3.09. The maximum absolute atomic E-state index is 11.5. The monoisotopic (exact) mass is 276 g/mol. The van der Waals surface area contributed by atoms with E-state index in [2.05, 4.69) is 24.1 Å². The van der Waals surface area contributed by atoms with Gasteiger partial charge in [0.1, 0.15) is 5.69 Å². The number of nitrogens with one attached hydrogen (secondary N) is 1. The zero-order valence-electron chi connectivity index (χ0n) is 12.6. The van der Waals surface area contributed by atoms with E-state index in [4.69, 9.17) is 4.74 Å². The molecule has 2 rings (SSSR count). The molecular weight excluding hydrogens is 252 g/mol. The molecule has 1 aromatic heterocycles. The molecule has 0 bridgehead atoms. The van der Waals surface area contributed by atoms with Gasteiger partial charge in [-0.05, 0) is 36.8 Å². The molecule has 2 atom stereocenters. The topological polar surface area (TPSA) is 51.2 Å². The minimum Gasteiger partial charge on any atom is -0.464 e. The van der Waals surface area contributed by atoms with Crippen LogP contribution < -0.4 is 5.32 Å². The van der Waals surface area contributed by atoms with Crippen molar-refractivity contribution >= 4 is 11.7 Å². The fourth-order valence-corrected chi connectivity index (χ4v) is 3.09. The van der Waals surface area contributed by atoms with E-state index in [1.54, 1.807) is 12.3 Å². The van der Waals surface area contributed by atoms with Crippen molar-refractivity contribution in [3.8, 4) is 0 Å². The summed E-state index contributed by atoms with van der Waals surface area (Å²) < 4.78 is 4.71. The van der Waals surface area contributed by atoms with E-state index in [1.807, 2.05) is 6.07 Å². The van der Waals surface area contributed by atoms with Gasteiger partial charge in [-0.1, -0.05) is 26.7 Å². The lowest BCUT2D eigenvalue weighted by molar-refractivity contribution is 0.0594. The van der Waals surface area contributed by atoms with E-state index < -0.39 is 5.97 Å². The lowest BCUT2D eigenvalue weighted by Gasteiger charge is -2.35. The van der Waals surface area contributed by atoms with Crippen LogP contribution in [-0.2, 0) is 4.74 Å². The smallest absolute Gasteiger partial charge is 0.356 e. The average molecular weight is 276 g/mol. The molecule has 0 spiro atoms. The van der Waals surface area contributed by atoms with Crippen LogP contribution in [-0.4, -0.2) is 24.1 Å². The van der Waals surface area contributed by atoms with Gasteiger partial charge < -0.3 is 10.1 Å². The maximum atomic E-state index is 11.5. The van der Waals surface area contributed by atoms with Crippen LogP contribution in [0.4, 0.5) is 5.69 Å². The van der Waals surface area contributed by atoms with Crippen LogP contribution in [0.15, 0.2) is 18.3 Å². The highest BCUT2D eigenvalue weighted by molar-refractivity contribution is 5.88. The van der Waals surface area contributed by atoms with Crippen LogP contribution >= 0.6 is 0 Å². The first-order valence-corrected chi connectivity index (χ1v) is 7.42. The molecule has 0 aromatic carbocycles. The molecule has 2 unspecified atom stereocenters. The summed E-state index contributed by atoms with van der Waals surface area (Å²) in [4.78, 5) is 15.6. The van der Waals surface area contributed by atoms with Crippen molar-refractivity contribution < 1.29 is 9.53 Å². The van der Waals surface area contributed by atoms with Crippen molar-refractivity contribution in [2.24, 2.45) is 11.8 Å². The van der Waals surface area contributed by atoms with Gasteiger partial charge in [0, 0.05) is 17.9 Å². The number of rotatable bonds is 4. The van der Waals surface area contributed by atoms with Gasteiger partial charge in [-0.15, -0.1) is 0 Å². The van der Waals surface area contributed by atoms with Gasteiger partial charge in [-0.25, -0.2) is 9.78 Å². The summed E-state index contributed by atoms with van der Waals surface area (Å²) in [7, 11) is 1.38. The summed E-state index contributed by atoms with van der Waals surface area (Å²) in [5.74, 6) is 0.978. The number of carbonyl (C=O) groups excluding carboxylic acids is 1. The minimum atomic E-state index is -0.391. The Kier molecular flexibility index (Phi) is 4.99. The molecule has 1 N–H and O–H groups in total. The summed E-state index contributed by atoms with van der Waals surface area (Å²) in [5, 5.41) is 3.58. The van der Waals surface area contributed by atoms with Crippen LogP contribution in [0.2, 0.25) is 0 Å². The SMILES string of the molecule is COC(=O)c1cc(NC2CCCCC2C(C)C)ccn1. The third-order valence-corrected chi connectivity index (χ3v) is 4.18. The van der Waals surface area contributed by atoms with Gasteiger partial charge in [-0.2, -0.15) is 0 Å². The van der Waals surface area contributed by atoms with E-state index >= 15 is 0 Å². The second-order valence-corrected chi connectivity index (χ2v) is 5.86. The van der Waals surface area contributed by atoms with Gasteiger partial charge in [-0.3, -0.25) is 0 Å². The Balaban J connectivity index is 2.10. The molecule has 0 radical (unpaired) electrons. The first-order valence-electron chi connectivity index (χ1n) is 7.42. The number of anilines is 1. The number of hydrogen-bond acceptors (Lipinski definition) is 4. The van der Waals surface area contributed by atoms with Gasteiger partial charge in [0.05, 0.1) is 7.11 Å². The normalized spacial score (nSPS) is 22.6. The summed E-state index contributed by atoms with van der Waals surface area (Å²) in [6.07, 6.45) is 6.73. The number of esters is 1. The van der Waals surface area contributed by atoms with Crippen molar-refractivity contribution in [3.63, 3.8) is 0 Å². The van der Waals surface area contributed by atoms with E-state index in [0.29, 0.717) is 23.6 Å². The Labute approximate surface area is 120 Å². The number of methoxy groups -OCH3 is 1. The molecule has 0 saturated heterocycles. The third kappa shape index (κ3) is 3.50. The van der Waals surface area contributed by atoms with Gasteiger partial charge in [0.2, 0.25) is 0 Å². The first-order chi connectivity index (χ1) is 9.61. The van der Waals surface area contributed by atoms with Gasteiger partial charge >= 0.3 is 5.97 Å². The van der Waals surface area contributed by atoms with Crippen LogP contribution in [0.1, 0.15) is 50.0 Å². The zero-order chi connectivity index (χ0) is 14.5. The fraction of sp³-hybridized carbons (Fsp3) is 0.625. The Bertz CT molecular complexity index is 460.